The Kier molecular flexibility index (Phi) is 4.93. The fourth-order valence-electron chi connectivity index (χ4n) is 2.36. The average Bonchev–Trinajstić information content (AvgIpc) is 2.98. The maximum Gasteiger partial charge on any atom is 0.276 e. The molecule has 1 atom stereocenters. The Morgan fingerprint density at radius 2 is 2.10 bits per heavy atom. The molecule has 0 bridgehead atoms. The van der Waals surface area contributed by atoms with Gasteiger partial charge in [-0.15, -0.1) is 17.5 Å². The molecule has 1 aromatic heterocycles. The molecule has 21 heavy (non-hydrogen) atoms. The first-order valence-electron chi connectivity index (χ1n) is 6.75. The molecule has 1 amide bonds. The molecule has 1 fully saturated rings. The zero-order valence-electron chi connectivity index (χ0n) is 11.8. The summed E-state index contributed by atoms with van der Waals surface area (Å²) >= 11 is 0. The summed E-state index contributed by atoms with van der Waals surface area (Å²) in [7, 11) is 0. The van der Waals surface area contributed by atoms with E-state index in [2.05, 4.69) is 15.6 Å². The predicted octanol–water partition coefficient (Wildman–Crippen LogP) is 1.12. The number of hydrogen-bond acceptors (Lipinski definition) is 4. The maximum atomic E-state index is 12.4. The molecule has 1 N–H and O–H groups in total. The van der Waals surface area contributed by atoms with Gasteiger partial charge in [-0.25, -0.2) is 4.68 Å². The summed E-state index contributed by atoms with van der Waals surface area (Å²) < 4.78 is 1.63. The van der Waals surface area contributed by atoms with Gasteiger partial charge in [0, 0.05) is 25.7 Å². The number of carbonyl (C=O) groups is 1. The van der Waals surface area contributed by atoms with Crippen LogP contribution in [0.2, 0.25) is 0 Å². The van der Waals surface area contributed by atoms with Gasteiger partial charge < -0.3 is 10.2 Å². The van der Waals surface area contributed by atoms with Gasteiger partial charge in [0.25, 0.3) is 5.91 Å². The van der Waals surface area contributed by atoms with E-state index in [1.807, 2.05) is 42.2 Å². The third-order valence-electron chi connectivity index (χ3n) is 3.50. The zero-order chi connectivity index (χ0) is 13.9. The van der Waals surface area contributed by atoms with Crippen molar-refractivity contribution in [3.05, 3.63) is 42.2 Å². The second-order valence-electron chi connectivity index (χ2n) is 4.94. The molecule has 3 rings (SSSR count). The first-order valence-corrected chi connectivity index (χ1v) is 6.75. The molecule has 0 spiro atoms. The lowest BCUT2D eigenvalue weighted by Gasteiger charge is -2.33. The van der Waals surface area contributed by atoms with E-state index in [1.54, 1.807) is 10.9 Å². The Balaban J connectivity index is 0.00000161. The molecule has 0 saturated carbocycles. The van der Waals surface area contributed by atoms with Crippen LogP contribution in [0.5, 0.6) is 0 Å². The molecule has 1 aliphatic heterocycles. The number of para-hydroxylation sites is 1. The summed E-state index contributed by atoms with van der Waals surface area (Å²) in [5.74, 6) is -0.0545. The minimum atomic E-state index is -0.0545. The maximum absolute atomic E-state index is 12.4. The van der Waals surface area contributed by atoms with Gasteiger partial charge in [0.15, 0.2) is 5.69 Å². The van der Waals surface area contributed by atoms with Gasteiger partial charge in [-0.05, 0) is 19.1 Å². The number of piperazine rings is 1. The van der Waals surface area contributed by atoms with E-state index in [4.69, 9.17) is 0 Å². The predicted molar refractivity (Wildman–Crippen MR) is 82.0 cm³/mol. The number of aromatic nitrogens is 3. The van der Waals surface area contributed by atoms with Gasteiger partial charge in [-0.1, -0.05) is 23.4 Å². The highest BCUT2D eigenvalue weighted by Crippen LogP contribution is 2.10. The van der Waals surface area contributed by atoms with Gasteiger partial charge in [0.2, 0.25) is 0 Å². The summed E-state index contributed by atoms with van der Waals surface area (Å²) in [6.07, 6.45) is 1.69. The minimum Gasteiger partial charge on any atom is -0.332 e. The topological polar surface area (TPSA) is 63.1 Å². The molecule has 0 unspecified atom stereocenters. The van der Waals surface area contributed by atoms with E-state index >= 15 is 0 Å². The molecule has 0 aliphatic carbocycles. The first-order chi connectivity index (χ1) is 9.75. The third kappa shape index (κ3) is 3.22. The van der Waals surface area contributed by atoms with Crippen LogP contribution in [0, 0.1) is 0 Å². The summed E-state index contributed by atoms with van der Waals surface area (Å²) in [5.41, 5.74) is 1.29. The Morgan fingerprint density at radius 3 is 2.81 bits per heavy atom. The molecule has 1 aliphatic rings. The van der Waals surface area contributed by atoms with E-state index in [0.717, 1.165) is 18.8 Å². The number of rotatable bonds is 2. The second kappa shape index (κ2) is 6.69. The van der Waals surface area contributed by atoms with Crippen molar-refractivity contribution in [2.75, 3.05) is 19.6 Å². The second-order valence-corrected chi connectivity index (χ2v) is 4.94. The Bertz CT molecular complexity index is 600. The molecule has 1 aromatic carbocycles. The lowest BCUT2D eigenvalue weighted by Crippen LogP contribution is -2.52. The highest BCUT2D eigenvalue weighted by molar-refractivity contribution is 5.92. The normalized spacial score (nSPS) is 18.1. The molecule has 112 valence electrons. The van der Waals surface area contributed by atoms with Gasteiger partial charge in [-0.2, -0.15) is 0 Å². The smallest absolute Gasteiger partial charge is 0.276 e. The van der Waals surface area contributed by atoms with Crippen LogP contribution >= 0.6 is 12.4 Å². The Labute approximate surface area is 129 Å². The lowest BCUT2D eigenvalue weighted by molar-refractivity contribution is 0.0649. The number of halogens is 1. The number of nitrogens with one attached hydrogen (secondary N) is 1. The summed E-state index contributed by atoms with van der Waals surface area (Å²) in [6, 6.07) is 9.83. The SMILES string of the molecule is C[C@H]1CNCCN1C(=O)c1cn(-c2ccccc2)nn1.Cl. The minimum absolute atomic E-state index is 0. The molecule has 7 heteroatoms. The Hall–Kier alpha value is -1.92. The zero-order valence-corrected chi connectivity index (χ0v) is 12.6. The lowest BCUT2D eigenvalue weighted by atomic mass is 10.2. The van der Waals surface area contributed by atoms with Crippen LogP contribution in [-0.4, -0.2) is 51.5 Å². The van der Waals surface area contributed by atoms with E-state index in [9.17, 15) is 4.79 Å². The standard InChI is InChI=1S/C14H17N5O.ClH/c1-11-9-15-7-8-18(11)14(20)13-10-19(17-16-13)12-5-3-2-4-6-12;/h2-6,10-11,15H,7-9H2,1H3;1H/t11-;/m0./s1. The van der Waals surface area contributed by atoms with Crippen LogP contribution in [0.1, 0.15) is 17.4 Å². The molecule has 2 heterocycles. The highest BCUT2D eigenvalue weighted by Gasteiger charge is 2.26. The molecular weight excluding hydrogens is 290 g/mol. The molecule has 1 saturated heterocycles. The Morgan fingerprint density at radius 1 is 1.33 bits per heavy atom. The number of amides is 1. The van der Waals surface area contributed by atoms with Crippen molar-refractivity contribution < 1.29 is 4.79 Å². The molecule has 6 nitrogen and oxygen atoms in total. The van der Waals surface area contributed by atoms with E-state index < -0.39 is 0 Å². The van der Waals surface area contributed by atoms with Crippen molar-refractivity contribution in [3.8, 4) is 5.69 Å². The van der Waals surface area contributed by atoms with Crippen LogP contribution < -0.4 is 5.32 Å². The number of benzene rings is 1. The van der Waals surface area contributed by atoms with Crippen molar-refractivity contribution >= 4 is 18.3 Å². The first kappa shape index (κ1) is 15.5. The van der Waals surface area contributed by atoms with Gasteiger partial charge in [-0.3, -0.25) is 4.79 Å². The van der Waals surface area contributed by atoms with Gasteiger partial charge >= 0.3 is 0 Å². The van der Waals surface area contributed by atoms with E-state index in [-0.39, 0.29) is 24.4 Å². The molecule has 0 radical (unpaired) electrons. The number of nitrogens with zero attached hydrogens (tertiary/aromatic N) is 4. The quantitative estimate of drug-likeness (QED) is 0.903. The largest absolute Gasteiger partial charge is 0.332 e. The van der Waals surface area contributed by atoms with Gasteiger partial charge in [0.05, 0.1) is 11.9 Å². The van der Waals surface area contributed by atoms with Gasteiger partial charge in [0.1, 0.15) is 0 Å². The van der Waals surface area contributed by atoms with Crippen LogP contribution in [0.4, 0.5) is 0 Å². The monoisotopic (exact) mass is 307 g/mol. The van der Waals surface area contributed by atoms with Crippen molar-refractivity contribution in [2.24, 2.45) is 0 Å². The average molecular weight is 308 g/mol. The highest BCUT2D eigenvalue weighted by atomic mass is 35.5. The van der Waals surface area contributed by atoms with Crippen molar-refractivity contribution in [2.45, 2.75) is 13.0 Å². The summed E-state index contributed by atoms with van der Waals surface area (Å²) in [5, 5.41) is 11.3. The molecule has 2 aromatic rings. The van der Waals surface area contributed by atoms with Crippen molar-refractivity contribution in [1.82, 2.24) is 25.2 Å². The van der Waals surface area contributed by atoms with Crippen LogP contribution in [0.15, 0.2) is 36.5 Å². The van der Waals surface area contributed by atoms with Crippen LogP contribution in [-0.2, 0) is 0 Å². The van der Waals surface area contributed by atoms with Crippen molar-refractivity contribution in [1.29, 1.82) is 0 Å². The fourth-order valence-corrected chi connectivity index (χ4v) is 2.36. The van der Waals surface area contributed by atoms with Crippen LogP contribution in [0.3, 0.4) is 0 Å². The number of hydrogen-bond donors (Lipinski definition) is 1. The van der Waals surface area contributed by atoms with E-state index in [1.165, 1.54) is 0 Å². The fraction of sp³-hybridized carbons (Fsp3) is 0.357. The number of carbonyl (C=O) groups excluding carboxylic acids is 1. The summed E-state index contributed by atoms with van der Waals surface area (Å²) in [6.45, 7) is 4.38. The van der Waals surface area contributed by atoms with E-state index in [0.29, 0.717) is 12.2 Å². The third-order valence-corrected chi connectivity index (χ3v) is 3.50. The van der Waals surface area contributed by atoms with Crippen molar-refractivity contribution in [3.63, 3.8) is 0 Å². The summed E-state index contributed by atoms with van der Waals surface area (Å²) in [4.78, 5) is 14.3. The van der Waals surface area contributed by atoms with Crippen LogP contribution in [0.25, 0.3) is 5.69 Å². The molecular formula is C14H18ClN5O.